The molecule has 2 aliphatic heterocycles. The smallest absolute Gasteiger partial charge is 0.258 e. The molecule has 2 amide bonds. The van der Waals surface area contributed by atoms with Gasteiger partial charge in [0.05, 0.1) is 24.1 Å². The molecule has 2 N–H and O–H groups in total. The molecule has 0 radical (unpaired) electrons. The number of hydrogen-bond acceptors (Lipinski definition) is 5. The van der Waals surface area contributed by atoms with Gasteiger partial charge in [-0.05, 0) is 81.4 Å². The SMILES string of the molecule is Cc1ccc2c(c1)Nc1c(cnn1C)CN2C(=O)c1ccc(CNC(=O)C2CCN(CC3CC3)CC2)c(F)c1. The summed E-state index contributed by atoms with van der Waals surface area (Å²) in [5.74, 6) is 0.837. The van der Waals surface area contributed by atoms with Crippen LogP contribution in [-0.2, 0) is 24.9 Å². The number of anilines is 3. The van der Waals surface area contributed by atoms with Crippen LogP contribution in [0.1, 0.15) is 52.7 Å². The maximum atomic E-state index is 15.2. The van der Waals surface area contributed by atoms with E-state index < -0.39 is 5.82 Å². The average Bonchev–Trinajstić information content (AvgIpc) is 3.71. The Bertz CT molecular complexity index is 1410. The quantitative estimate of drug-likeness (QED) is 0.490. The van der Waals surface area contributed by atoms with Gasteiger partial charge in [0, 0.05) is 42.7 Å². The van der Waals surface area contributed by atoms with E-state index in [1.54, 1.807) is 27.9 Å². The van der Waals surface area contributed by atoms with E-state index in [0.717, 1.165) is 66.7 Å². The summed E-state index contributed by atoms with van der Waals surface area (Å²) in [6, 6.07) is 10.4. The van der Waals surface area contributed by atoms with Crippen molar-refractivity contribution in [2.45, 2.75) is 45.7 Å². The minimum Gasteiger partial charge on any atom is -0.352 e. The summed E-state index contributed by atoms with van der Waals surface area (Å²) in [5, 5.41) is 10.7. The van der Waals surface area contributed by atoms with E-state index in [-0.39, 0.29) is 29.8 Å². The van der Waals surface area contributed by atoms with Gasteiger partial charge in [-0.3, -0.25) is 14.3 Å². The molecule has 1 saturated carbocycles. The summed E-state index contributed by atoms with van der Waals surface area (Å²) < 4.78 is 16.9. The number of benzene rings is 2. The maximum absolute atomic E-state index is 15.2. The van der Waals surface area contributed by atoms with Gasteiger partial charge in [0.15, 0.2) is 0 Å². The number of aryl methyl sites for hydroxylation is 2. The third-order valence-corrected chi connectivity index (χ3v) is 8.21. The molecule has 0 spiro atoms. The molecule has 204 valence electrons. The molecular formula is C30H35FN6O2. The molecule has 3 aromatic rings. The van der Waals surface area contributed by atoms with Gasteiger partial charge in [0.2, 0.25) is 5.91 Å². The summed E-state index contributed by atoms with van der Waals surface area (Å²) in [4.78, 5) is 30.6. The van der Waals surface area contributed by atoms with E-state index in [2.05, 4.69) is 20.6 Å². The van der Waals surface area contributed by atoms with Gasteiger partial charge in [-0.15, -0.1) is 0 Å². The lowest BCUT2D eigenvalue weighted by atomic mass is 9.95. The number of fused-ring (bicyclic) bond motifs is 2. The number of nitrogens with zero attached hydrogens (tertiary/aromatic N) is 4. The lowest BCUT2D eigenvalue weighted by molar-refractivity contribution is -0.126. The Balaban J connectivity index is 1.13. The van der Waals surface area contributed by atoms with Crippen molar-refractivity contribution in [3.8, 4) is 0 Å². The van der Waals surface area contributed by atoms with E-state index in [1.807, 2.05) is 32.2 Å². The van der Waals surface area contributed by atoms with Gasteiger partial charge in [0.25, 0.3) is 5.91 Å². The lowest BCUT2D eigenvalue weighted by Gasteiger charge is -2.31. The van der Waals surface area contributed by atoms with E-state index in [4.69, 9.17) is 0 Å². The van der Waals surface area contributed by atoms with Crippen LogP contribution in [0.3, 0.4) is 0 Å². The Kier molecular flexibility index (Phi) is 6.85. The highest BCUT2D eigenvalue weighted by molar-refractivity contribution is 6.08. The highest BCUT2D eigenvalue weighted by Crippen LogP contribution is 2.37. The monoisotopic (exact) mass is 530 g/mol. The van der Waals surface area contributed by atoms with E-state index >= 15 is 4.39 Å². The predicted octanol–water partition coefficient (Wildman–Crippen LogP) is 4.51. The fraction of sp³-hybridized carbons (Fsp3) is 0.433. The molecule has 1 aromatic heterocycles. The fourth-order valence-corrected chi connectivity index (χ4v) is 5.66. The van der Waals surface area contributed by atoms with Crippen LogP contribution in [0.25, 0.3) is 0 Å². The van der Waals surface area contributed by atoms with E-state index in [0.29, 0.717) is 12.1 Å². The molecule has 39 heavy (non-hydrogen) atoms. The molecule has 9 heteroatoms. The first-order chi connectivity index (χ1) is 18.9. The lowest BCUT2D eigenvalue weighted by Crippen LogP contribution is -2.41. The first kappa shape index (κ1) is 25.6. The van der Waals surface area contributed by atoms with Crippen LogP contribution in [0.5, 0.6) is 0 Å². The van der Waals surface area contributed by atoms with Gasteiger partial charge in [-0.25, -0.2) is 4.39 Å². The van der Waals surface area contributed by atoms with Crippen LogP contribution in [-0.4, -0.2) is 46.1 Å². The minimum absolute atomic E-state index is 0.0168. The van der Waals surface area contributed by atoms with Crippen molar-refractivity contribution in [3.63, 3.8) is 0 Å². The fourth-order valence-electron chi connectivity index (χ4n) is 5.66. The summed E-state index contributed by atoms with van der Waals surface area (Å²) in [5.41, 5.74) is 4.07. The van der Waals surface area contributed by atoms with Crippen molar-refractivity contribution >= 4 is 29.0 Å². The number of aromatic nitrogens is 2. The van der Waals surface area contributed by atoms with Gasteiger partial charge >= 0.3 is 0 Å². The molecule has 8 nitrogen and oxygen atoms in total. The predicted molar refractivity (Wildman–Crippen MR) is 148 cm³/mol. The molecule has 0 atom stereocenters. The number of carbonyl (C=O) groups is 2. The number of nitrogens with one attached hydrogen (secondary N) is 2. The third-order valence-electron chi connectivity index (χ3n) is 8.21. The topological polar surface area (TPSA) is 82.5 Å². The van der Waals surface area contributed by atoms with Crippen LogP contribution >= 0.6 is 0 Å². The number of likely N-dealkylation sites (tertiary alicyclic amines) is 1. The van der Waals surface area contributed by atoms with Crippen molar-refractivity contribution in [1.82, 2.24) is 20.0 Å². The molecule has 0 unspecified atom stereocenters. The highest BCUT2D eigenvalue weighted by atomic mass is 19.1. The molecule has 1 saturated heterocycles. The normalized spacial score (nSPS) is 17.7. The zero-order valence-electron chi connectivity index (χ0n) is 22.5. The number of carbonyl (C=O) groups excluding carboxylic acids is 2. The summed E-state index contributed by atoms with van der Waals surface area (Å²) in [6.45, 7) is 5.48. The molecule has 3 heterocycles. The number of halogens is 1. The summed E-state index contributed by atoms with van der Waals surface area (Å²) >= 11 is 0. The van der Waals surface area contributed by atoms with E-state index in [9.17, 15) is 9.59 Å². The molecule has 2 aromatic carbocycles. The van der Waals surface area contributed by atoms with Crippen LogP contribution in [0.4, 0.5) is 21.6 Å². The largest absolute Gasteiger partial charge is 0.352 e. The molecular weight excluding hydrogens is 495 g/mol. The Labute approximate surface area is 228 Å². The van der Waals surface area contributed by atoms with Crippen LogP contribution in [0, 0.1) is 24.6 Å². The van der Waals surface area contributed by atoms with Gasteiger partial charge in [-0.2, -0.15) is 5.10 Å². The molecule has 1 aliphatic carbocycles. The third kappa shape index (κ3) is 5.41. The summed E-state index contributed by atoms with van der Waals surface area (Å²) in [7, 11) is 1.85. The van der Waals surface area contributed by atoms with Gasteiger partial charge in [-0.1, -0.05) is 12.1 Å². The Morgan fingerprint density at radius 3 is 2.64 bits per heavy atom. The van der Waals surface area contributed by atoms with Crippen molar-refractivity contribution in [3.05, 3.63) is 70.7 Å². The molecule has 2 fully saturated rings. The van der Waals surface area contributed by atoms with E-state index in [1.165, 1.54) is 18.9 Å². The average molecular weight is 531 g/mol. The van der Waals surface area contributed by atoms with Gasteiger partial charge in [0.1, 0.15) is 11.6 Å². The summed E-state index contributed by atoms with van der Waals surface area (Å²) in [6.07, 6.45) is 6.11. The first-order valence-electron chi connectivity index (χ1n) is 13.8. The van der Waals surface area contributed by atoms with Crippen molar-refractivity contribution < 1.29 is 14.0 Å². The Morgan fingerprint density at radius 2 is 1.90 bits per heavy atom. The van der Waals surface area contributed by atoms with Gasteiger partial charge < -0.3 is 20.4 Å². The van der Waals surface area contributed by atoms with Crippen LogP contribution in [0.15, 0.2) is 42.6 Å². The Hall–Kier alpha value is -3.72. The van der Waals surface area contributed by atoms with Crippen molar-refractivity contribution in [1.29, 1.82) is 0 Å². The first-order valence-corrected chi connectivity index (χ1v) is 13.8. The molecule has 6 rings (SSSR count). The zero-order valence-corrected chi connectivity index (χ0v) is 22.5. The second kappa shape index (κ2) is 10.4. The maximum Gasteiger partial charge on any atom is 0.258 e. The van der Waals surface area contributed by atoms with Crippen LogP contribution in [0.2, 0.25) is 0 Å². The van der Waals surface area contributed by atoms with Crippen molar-refractivity contribution in [2.24, 2.45) is 18.9 Å². The standard InChI is InChI=1S/C30H35FN6O2/c1-19-3-8-27-26(13-19)34-28-24(16-33-35(28)2)18-37(27)30(39)22-6-7-23(25(31)14-22)15-32-29(38)21-9-11-36(12-10-21)17-20-4-5-20/h3,6-8,13-14,16,20-21,34H,4-5,9-12,15,17-18H2,1-2H3,(H,32,38). The number of amides is 2. The highest BCUT2D eigenvalue weighted by Gasteiger charge is 2.30. The number of rotatable bonds is 6. The van der Waals surface area contributed by atoms with Crippen molar-refractivity contribution in [2.75, 3.05) is 29.9 Å². The number of hydrogen-bond donors (Lipinski definition) is 2. The Morgan fingerprint density at radius 1 is 1.10 bits per heavy atom. The zero-order chi connectivity index (χ0) is 27.1. The minimum atomic E-state index is -0.500. The second-order valence-corrected chi connectivity index (χ2v) is 11.2. The molecule has 0 bridgehead atoms. The van der Waals surface area contributed by atoms with Crippen LogP contribution < -0.4 is 15.5 Å². The molecule has 3 aliphatic rings. The number of piperidine rings is 1. The second-order valence-electron chi connectivity index (χ2n) is 11.2.